The fourth-order valence-electron chi connectivity index (χ4n) is 2.85. The topological polar surface area (TPSA) is 42.4 Å². The van der Waals surface area contributed by atoms with E-state index in [1.54, 1.807) is 4.90 Å². The van der Waals surface area contributed by atoms with Crippen molar-refractivity contribution in [2.45, 2.75) is 6.92 Å². The van der Waals surface area contributed by atoms with E-state index in [1.807, 2.05) is 55.5 Å². The summed E-state index contributed by atoms with van der Waals surface area (Å²) < 4.78 is 19.6. The molecule has 4 rings (SSSR count). The summed E-state index contributed by atoms with van der Waals surface area (Å²) in [5.74, 6) is -0.170. The molecule has 0 atom stereocenters. The third kappa shape index (κ3) is 3.73. The number of thiazole rings is 1. The van der Waals surface area contributed by atoms with Crippen LogP contribution < -0.4 is 9.64 Å². The molecule has 1 heterocycles. The van der Waals surface area contributed by atoms with Crippen LogP contribution in [0.3, 0.4) is 0 Å². The van der Waals surface area contributed by atoms with Crippen LogP contribution in [-0.4, -0.2) is 17.5 Å². The molecule has 3 aromatic carbocycles. The summed E-state index contributed by atoms with van der Waals surface area (Å²) >= 11 is 1.45. The third-order valence-electron chi connectivity index (χ3n) is 4.26. The maximum atomic E-state index is 13.1. The number of anilines is 2. The van der Waals surface area contributed by atoms with Crippen molar-refractivity contribution in [3.63, 3.8) is 0 Å². The molecule has 0 radical (unpaired) electrons. The lowest BCUT2D eigenvalue weighted by atomic mass is 10.2. The second-order valence-corrected chi connectivity index (χ2v) is 7.23. The van der Waals surface area contributed by atoms with Crippen LogP contribution in [0.4, 0.5) is 15.2 Å². The number of benzene rings is 3. The summed E-state index contributed by atoms with van der Waals surface area (Å²) in [5.41, 5.74) is 2.56. The number of rotatable bonds is 5. The van der Waals surface area contributed by atoms with E-state index in [-0.39, 0.29) is 18.3 Å². The van der Waals surface area contributed by atoms with Crippen LogP contribution in [0.15, 0.2) is 72.8 Å². The van der Waals surface area contributed by atoms with Crippen molar-refractivity contribution in [3.05, 3.63) is 84.2 Å². The Bertz CT molecular complexity index is 1090. The molecule has 6 heteroatoms. The molecule has 0 aliphatic rings. The van der Waals surface area contributed by atoms with Gasteiger partial charge in [0.05, 0.1) is 15.9 Å². The Kier molecular flexibility index (Phi) is 5.04. The Balaban J connectivity index is 1.67. The number of nitrogens with zero attached hydrogens (tertiary/aromatic N) is 2. The number of para-hydroxylation sites is 2. The Hall–Kier alpha value is -3.25. The molecule has 0 aliphatic heterocycles. The molecule has 28 heavy (non-hydrogen) atoms. The molecule has 0 saturated carbocycles. The smallest absolute Gasteiger partial charge is 0.271 e. The number of halogens is 1. The summed E-state index contributed by atoms with van der Waals surface area (Å²) in [6.07, 6.45) is 0. The van der Waals surface area contributed by atoms with Crippen molar-refractivity contribution in [3.8, 4) is 5.75 Å². The lowest BCUT2D eigenvalue weighted by Crippen LogP contribution is -2.31. The number of amides is 1. The maximum Gasteiger partial charge on any atom is 0.271 e. The average molecular weight is 392 g/mol. The van der Waals surface area contributed by atoms with Crippen LogP contribution in [0.5, 0.6) is 5.75 Å². The fourth-order valence-corrected chi connectivity index (χ4v) is 3.85. The SMILES string of the molecule is Cc1ccccc1N(C(=O)COc1ccc(F)cc1)c1nc2ccccc2s1. The first kappa shape index (κ1) is 18.1. The van der Waals surface area contributed by atoms with Gasteiger partial charge < -0.3 is 4.74 Å². The van der Waals surface area contributed by atoms with Crippen molar-refractivity contribution >= 4 is 38.3 Å². The molecule has 0 aliphatic carbocycles. The van der Waals surface area contributed by atoms with Gasteiger partial charge in [-0.1, -0.05) is 41.7 Å². The second kappa shape index (κ2) is 7.78. The maximum absolute atomic E-state index is 13.1. The third-order valence-corrected chi connectivity index (χ3v) is 5.28. The molecule has 0 saturated heterocycles. The minimum atomic E-state index is -0.352. The molecule has 1 aromatic heterocycles. The van der Waals surface area contributed by atoms with Gasteiger partial charge in [0, 0.05) is 0 Å². The number of hydrogen-bond acceptors (Lipinski definition) is 4. The summed E-state index contributed by atoms with van der Waals surface area (Å²) in [6.45, 7) is 1.76. The number of ether oxygens (including phenoxy) is 1. The zero-order chi connectivity index (χ0) is 19.5. The van der Waals surface area contributed by atoms with Gasteiger partial charge in [-0.3, -0.25) is 9.69 Å². The van der Waals surface area contributed by atoms with Gasteiger partial charge in [-0.2, -0.15) is 0 Å². The predicted molar refractivity (Wildman–Crippen MR) is 110 cm³/mol. The van der Waals surface area contributed by atoms with Gasteiger partial charge in [0.1, 0.15) is 11.6 Å². The summed E-state index contributed by atoms with van der Waals surface area (Å²) in [5, 5.41) is 0.586. The molecule has 4 nitrogen and oxygen atoms in total. The number of carbonyl (C=O) groups excluding carboxylic acids is 1. The highest BCUT2D eigenvalue weighted by Crippen LogP contribution is 2.35. The van der Waals surface area contributed by atoms with Crippen LogP contribution in [-0.2, 0) is 4.79 Å². The Labute approximate surface area is 165 Å². The van der Waals surface area contributed by atoms with E-state index in [9.17, 15) is 9.18 Å². The highest BCUT2D eigenvalue weighted by molar-refractivity contribution is 7.22. The summed E-state index contributed by atoms with van der Waals surface area (Å²) in [6, 6.07) is 21.0. The van der Waals surface area contributed by atoms with Gasteiger partial charge in [-0.05, 0) is 55.0 Å². The van der Waals surface area contributed by atoms with E-state index in [1.165, 1.54) is 35.6 Å². The van der Waals surface area contributed by atoms with Gasteiger partial charge in [0.25, 0.3) is 5.91 Å². The van der Waals surface area contributed by atoms with Crippen molar-refractivity contribution < 1.29 is 13.9 Å². The molecule has 0 spiro atoms. The fraction of sp³-hybridized carbons (Fsp3) is 0.0909. The van der Waals surface area contributed by atoms with Gasteiger partial charge >= 0.3 is 0 Å². The largest absolute Gasteiger partial charge is 0.484 e. The van der Waals surface area contributed by atoms with Crippen molar-refractivity contribution in [2.75, 3.05) is 11.5 Å². The molecule has 4 aromatic rings. The molecular weight excluding hydrogens is 375 g/mol. The Morgan fingerprint density at radius 2 is 1.75 bits per heavy atom. The van der Waals surface area contributed by atoms with E-state index in [2.05, 4.69) is 4.98 Å². The number of aryl methyl sites for hydroxylation is 1. The minimum absolute atomic E-state index is 0.185. The zero-order valence-electron chi connectivity index (χ0n) is 15.1. The zero-order valence-corrected chi connectivity index (χ0v) is 15.9. The lowest BCUT2D eigenvalue weighted by molar-refractivity contribution is -0.119. The van der Waals surface area contributed by atoms with Crippen LogP contribution in [0, 0.1) is 12.7 Å². The second-order valence-electron chi connectivity index (χ2n) is 6.22. The number of fused-ring (bicyclic) bond motifs is 1. The first-order valence-corrected chi connectivity index (χ1v) is 9.56. The molecular formula is C22H17FN2O2S. The first-order valence-electron chi connectivity index (χ1n) is 8.74. The van der Waals surface area contributed by atoms with Crippen molar-refractivity contribution in [2.24, 2.45) is 0 Å². The Morgan fingerprint density at radius 1 is 1.04 bits per heavy atom. The number of hydrogen-bond donors (Lipinski definition) is 0. The van der Waals surface area contributed by atoms with Crippen molar-refractivity contribution in [1.82, 2.24) is 4.98 Å². The van der Waals surface area contributed by atoms with Crippen LogP contribution in [0.1, 0.15) is 5.56 Å². The van der Waals surface area contributed by atoms with Crippen LogP contribution in [0.25, 0.3) is 10.2 Å². The summed E-state index contributed by atoms with van der Waals surface area (Å²) in [4.78, 5) is 19.3. The predicted octanol–water partition coefficient (Wildman–Crippen LogP) is 5.49. The van der Waals surface area contributed by atoms with E-state index in [0.717, 1.165) is 21.5 Å². The van der Waals surface area contributed by atoms with Crippen LogP contribution >= 0.6 is 11.3 Å². The van der Waals surface area contributed by atoms with E-state index in [4.69, 9.17) is 4.74 Å². The van der Waals surface area contributed by atoms with Crippen LogP contribution in [0.2, 0.25) is 0 Å². The van der Waals surface area contributed by atoms with Crippen molar-refractivity contribution in [1.29, 1.82) is 0 Å². The van der Waals surface area contributed by atoms with E-state index >= 15 is 0 Å². The molecule has 0 unspecified atom stereocenters. The minimum Gasteiger partial charge on any atom is -0.484 e. The standard InChI is InChI=1S/C22H17FN2O2S/c1-15-6-2-4-8-19(15)25(22-24-18-7-3-5-9-20(18)28-22)21(26)14-27-17-12-10-16(23)11-13-17/h2-13H,14H2,1H3. The highest BCUT2D eigenvalue weighted by Gasteiger charge is 2.23. The Morgan fingerprint density at radius 3 is 2.50 bits per heavy atom. The molecule has 140 valence electrons. The number of aromatic nitrogens is 1. The quantitative estimate of drug-likeness (QED) is 0.451. The van der Waals surface area contributed by atoms with E-state index in [0.29, 0.717) is 10.9 Å². The van der Waals surface area contributed by atoms with Gasteiger partial charge in [-0.15, -0.1) is 0 Å². The van der Waals surface area contributed by atoms with Gasteiger partial charge in [0.2, 0.25) is 0 Å². The van der Waals surface area contributed by atoms with Gasteiger partial charge in [-0.25, -0.2) is 9.37 Å². The average Bonchev–Trinajstić information content (AvgIpc) is 3.13. The normalized spacial score (nSPS) is 10.8. The monoisotopic (exact) mass is 392 g/mol. The molecule has 1 amide bonds. The summed E-state index contributed by atoms with van der Waals surface area (Å²) in [7, 11) is 0. The number of carbonyl (C=O) groups is 1. The molecule has 0 fully saturated rings. The molecule has 0 bridgehead atoms. The lowest BCUT2D eigenvalue weighted by Gasteiger charge is -2.22. The van der Waals surface area contributed by atoms with Gasteiger partial charge in [0.15, 0.2) is 11.7 Å². The first-order chi connectivity index (χ1) is 13.6. The van der Waals surface area contributed by atoms with E-state index < -0.39 is 0 Å². The highest BCUT2D eigenvalue weighted by atomic mass is 32.1. The molecule has 0 N–H and O–H groups in total.